The molecule has 24 heavy (non-hydrogen) atoms. The fourth-order valence-corrected chi connectivity index (χ4v) is 4.34. The molecule has 4 aromatic heterocycles. The summed E-state index contributed by atoms with van der Waals surface area (Å²) in [5.41, 5.74) is 1.01. The third-order valence-corrected chi connectivity index (χ3v) is 5.54. The lowest BCUT2D eigenvalue weighted by Gasteiger charge is -2.07. The molecular weight excluding hydrogens is 340 g/mol. The Kier molecular flexibility index (Phi) is 3.99. The van der Waals surface area contributed by atoms with Gasteiger partial charge in [0.2, 0.25) is 0 Å². The zero-order valence-corrected chi connectivity index (χ0v) is 14.8. The average Bonchev–Trinajstić information content (AvgIpc) is 3.18. The van der Waals surface area contributed by atoms with Crippen LogP contribution in [0.25, 0.3) is 21.6 Å². The van der Waals surface area contributed by atoms with Gasteiger partial charge in [0, 0.05) is 34.8 Å². The summed E-state index contributed by atoms with van der Waals surface area (Å²) < 4.78 is 2.09. The molecule has 0 aromatic carbocycles. The third-order valence-electron chi connectivity index (χ3n) is 3.58. The number of hydrogen-bond donors (Lipinski definition) is 0. The lowest BCUT2D eigenvalue weighted by Crippen LogP contribution is -2.00. The minimum Gasteiger partial charge on any atom is -0.302 e. The quantitative estimate of drug-likeness (QED) is 0.519. The SMILES string of the molecule is CCn1c(Sc2ncnc3sc(C)cc23)nnc1-c1ccncc1. The van der Waals surface area contributed by atoms with Crippen molar-refractivity contribution in [1.82, 2.24) is 29.7 Å². The molecule has 0 aliphatic rings. The zero-order chi connectivity index (χ0) is 16.5. The normalized spacial score (nSPS) is 11.2. The van der Waals surface area contributed by atoms with E-state index in [1.54, 1.807) is 30.1 Å². The molecule has 4 aromatic rings. The van der Waals surface area contributed by atoms with Crippen molar-refractivity contribution in [3.8, 4) is 11.4 Å². The number of pyridine rings is 1. The van der Waals surface area contributed by atoms with E-state index < -0.39 is 0 Å². The molecule has 0 atom stereocenters. The van der Waals surface area contributed by atoms with E-state index in [0.29, 0.717) is 0 Å². The highest BCUT2D eigenvalue weighted by molar-refractivity contribution is 7.99. The first-order valence-corrected chi connectivity index (χ1v) is 9.12. The molecule has 0 bridgehead atoms. The zero-order valence-electron chi connectivity index (χ0n) is 13.2. The maximum atomic E-state index is 4.44. The Morgan fingerprint density at radius 1 is 1.17 bits per heavy atom. The van der Waals surface area contributed by atoms with Crippen LogP contribution in [-0.4, -0.2) is 29.7 Å². The van der Waals surface area contributed by atoms with Gasteiger partial charge >= 0.3 is 0 Å². The second-order valence-corrected chi connectivity index (χ2v) is 7.33. The number of thiophene rings is 1. The molecule has 0 spiro atoms. The van der Waals surface area contributed by atoms with E-state index in [9.17, 15) is 0 Å². The van der Waals surface area contributed by atoms with Crippen molar-refractivity contribution in [3.63, 3.8) is 0 Å². The highest BCUT2D eigenvalue weighted by atomic mass is 32.2. The summed E-state index contributed by atoms with van der Waals surface area (Å²) in [7, 11) is 0. The van der Waals surface area contributed by atoms with E-state index in [1.807, 2.05) is 12.1 Å². The molecule has 0 fully saturated rings. The molecule has 0 saturated heterocycles. The Morgan fingerprint density at radius 3 is 2.79 bits per heavy atom. The Hall–Kier alpha value is -2.32. The van der Waals surface area contributed by atoms with E-state index >= 15 is 0 Å². The van der Waals surface area contributed by atoms with Crippen LogP contribution in [0.4, 0.5) is 0 Å². The second-order valence-electron chi connectivity index (χ2n) is 5.14. The predicted octanol–water partition coefficient (Wildman–Crippen LogP) is 3.82. The topological polar surface area (TPSA) is 69.4 Å². The van der Waals surface area contributed by atoms with E-state index in [1.165, 1.54) is 16.6 Å². The Labute approximate surface area is 147 Å². The minimum absolute atomic E-state index is 0.782. The van der Waals surface area contributed by atoms with Gasteiger partial charge in [-0.25, -0.2) is 9.97 Å². The first-order valence-electron chi connectivity index (χ1n) is 7.49. The van der Waals surface area contributed by atoms with Gasteiger partial charge in [0.05, 0.1) is 0 Å². The van der Waals surface area contributed by atoms with Crippen molar-refractivity contribution in [2.75, 3.05) is 0 Å². The van der Waals surface area contributed by atoms with Crippen LogP contribution in [0, 0.1) is 6.92 Å². The minimum atomic E-state index is 0.782. The highest BCUT2D eigenvalue weighted by Gasteiger charge is 2.16. The Morgan fingerprint density at radius 2 is 2.00 bits per heavy atom. The maximum Gasteiger partial charge on any atom is 0.197 e. The molecule has 0 aliphatic carbocycles. The van der Waals surface area contributed by atoms with Crippen molar-refractivity contribution in [2.24, 2.45) is 0 Å². The van der Waals surface area contributed by atoms with Crippen molar-refractivity contribution < 1.29 is 0 Å². The van der Waals surface area contributed by atoms with Gasteiger partial charge in [0.1, 0.15) is 16.2 Å². The number of hydrogen-bond acceptors (Lipinski definition) is 7. The molecule has 4 heterocycles. The number of aromatic nitrogens is 6. The second kappa shape index (κ2) is 6.29. The molecule has 0 aliphatic heterocycles. The smallest absolute Gasteiger partial charge is 0.197 e. The summed E-state index contributed by atoms with van der Waals surface area (Å²) in [6.07, 6.45) is 5.13. The van der Waals surface area contributed by atoms with Crippen LogP contribution < -0.4 is 0 Å². The molecule has 0 amide bonds. The fourth-order valence-electron chi connectivity index (χ4n) is 2.49. The summed E-state index contributed by atoms with van der Waals surface area (Å²) in [6, 6.07) is 6.00. The van der Waals surface area contributed by atoms with Crippen molar-refractivity contribution in [1.29, 1.82) is 0 Å². The predicted molar refractivity (Wildman–Crippen MR) is 95.2 cm³/mol. The van der Waals surface area contributed by atoms with Gasteiger partial charge in [-0.3, -0.25) is 4.98 Å². The molecule has 0 unspecified atom stereocenters. The number of aryl methyl sites for hydroxylation is 1. The standard InChI is InChI=1S/C16H14N6S2/c1-3-22-13(11-4-6-17-7-5-11)20-21-16(22)24-15-12-8-10(2)23-14(12)18-9-19-15/h4-9H,3H2,1-2H3. The van der Waals surface area contributed by atoms with Crippen molar-refractivity contribution >= 4 is 33.3 Å². The largest absolute Gasteiger partial charge is 0.302 e. The van der Waals surface area contributed by atoms with Crippen molar-refractivity contribution in [2.45, 2.75) is 30.6 Å². The van der Waals surface area contributed by atoms with Gasteiger partial charge in [-0.05, 0) is 43.8 Å². The molecule has 8 heteroatoms. The van der Waals surface area contributed by atoms with Gasteiger partial charge in [0.15, 0.2) is 11.0 Å². The number of nitrogens with zero attached hydrogens (tertiary/aromatic N) is 6. The molecule has 6 nitrogen and oxygen atoms in total. The number of fused-ring (bicyclic) bond motifs is 1. The van der Waals surface area contributed by atoms with Crippen LogP contribution in [-0.2, 0) is 6.54 Å². The summed E-state index contributed by atoms with van der Waals surface area (Å²) in [4.78, 5) is 15.1. The summed E-state index contributed by atoms with van der Waals surface area (Å²) >= 11 is 3.20. The summed E-state index contributed by atoms with van der Waals surface area (Å²) in [5.74, 6) is 0.842. The summed E-state index contributed by atoms with van der Waals surface area (Å²) in [6.45, 7) is 4.95. The lowest BCUT2D eigenvalue weighted by atomic mass is 10.2. The first-order chi connectivity index (χ1) is 11.8. The van der Waals surface area contributed by atoms with Crippen molar-refractivity contribution in [3.05, 3.63) is 41.8 Å². The van der Waals surface area contributed by atoms with E-state index in [0.717, 1.165) is 38.3 Å². The molecule has 0 radical (unpaired) electrons. The summed E-state index contributed by atoms with van der Waals surface area (Å²) in [5, 5.41) is 11.5. The Balaban J connectivity index is 1.76. The van der Waals surface area contributed by atoms with Crippen LogP contribution in [0.5, 0.6) is 0 Å². The van der Waals surface area contributed by atoms with Gasteiger partial charge in [0.25, 0.3) is 0 Å². The Bertz CT molecular complexity index is 992. The highest BCUT2D eigenvalue weighted by Crippen LogP contribution is 2.34. The molecular formula is C16H14N6S2. The third kappa shape index (κ3) is 2.67. The molecule has 0 N–H and O–H groups in total. The van der Waals surface area contributed by atoms with Crippen LogP contribution in [0.3, 0.4) is 0 Å². The van der Waals surface area contributed by atoms with Crippen LogP contribution >= 0.6 is 23.1 Å². The number of rotatable bonds is 4. The molecule has 4 rings (SSSR count). The van der Waals surface area contributed by atoms with Crippen LogP contribution in [0.1, 0.15) is 11.8 Å². The van der Waals surface area contributed by atoms with E-state index in [2.05, 4.69) is 49.6 Å². The van der Waals surface area contributed by atoms with E-state index in [4.69, 9.17) is 0 Å². The first kappa shape index (κ1) is 15.2. The monoisotopic (exact) mass is 354 g/mol. The molecule has 0 saturated carbocycles. The van der Waals surface area contributed by atoms with Gasteiger partial charge < -0.3 is 4.57 Å². The van der Waals surface area contributed by atoms with Gasteiger partial charge in [-0.2, -0.15) is 0 Å². The van der Waals surface area contributed by atoms with Gasteiger partial charge in [-0.15, -0.1) is 21.5 Å². The maximum absolute atomic E-state index is 4.44. The van der Waals surface area contributed by atoms with Crippen LogP contribution in [0.2, 0.25) is 0 Å². The fraction of sp³-hybridized carbons (Fsp3) is 0.188. The van der Waals surface area contributed by atoms with E-state index in [-0.39, 0.29) is 0 Å². The van der Waals surface area contributed by atoms with Gasteiger partial charge in [-0.1, -0.05) is 0 Å². The lowest BCUT2D eigenvalue weighted by molar-refractivity contribution is 0.687. The van der Waals surface area contributed by atoms with Crippen LogP contribution in [0.15, 0.2) is 47.1 Å². The molecule has 120 valence electrons. The average molecular weight is 354 g/mol.